The number of para-hydroxylation sites is 3. The van der Waals surface area contributed by atoms with Gasteiger partial charge in [-0.05, 0) is 99.1 Å². The second kappa shape index (κ2) is 13.8. The fourth-order valence-corrected chi connectivity index (χ4v) is 10.6. The van der Waals surface area contributed by atoms with Crippen LogP contribution in [0.4, 0.5) is 17.3 Å². The van der Waals surface area contributed by atoms with Crippen LogP contribution in [0.5, 0.6) is 0 Å². The maximum Gasteiger partial charge on any atom is 0.235 e. The second-order valence-corrected chi connectivity index (χ2v) is 16.5. The van der Waals surface area contributed by atoms with Crippen molar-refractivity contribution in [1.29, 1.82) is 0 Å². The van der Waals surface area contributed by atoms with Crippen LogP contribution in [0.2, 0.25) is 0 Å². The van der Waals surface area contributed by atoms with E-state index in [9.17, 15) is 0 Å². The Balaban J connectivity index is 1.08. The monoisotopic (exact) mass is 802 g/mol. The van der Waals surface area contributed by atoms with E-state index in [1.807, 2.05) is 12.1 Å². The topological polar surface area (TPSA) is 34.0 Å². The van der Waals surface area contributed by atoms with Gasteiger partial charge in [0.1, 0.15) is 0 Å². The SMILES string of the molecule is c1ccc(-c2cc(-c3ccccc3)nc(N(c3ccccc3)c3ccc4c(c3)C3(c5ccccc5-4)c4ccccc4-c4ccc(-n5c6ccccc6c6ccccc65)cc43)n2)cc1. The van der Waals surface area contributed by atoms with Gasteiger partial charge in [-0.2, -0.15) is 0 Å². The summed E-state index contributed by atoms with van der Waals surface area (Å²) in [5.74, 6) is 0.604. The molecule has 0 fully saturated rings. The first-order chi connectivity index (χ1) is 31.3. The lowest BCUT2D eigenvalue weighted by Crippen LogP contribution is -2.26. The standard InChI is InChI=1S/C59H38N4/c1-4-18-39(19-5-1)54-38-55(40-20-6-2-7-21-40)61-58(60-54)62(41-22-8-3-9-23-41)42-32-34-46-44-24-10-14-28-50(44)59(52(46)36-42)51-29-15-11-25-45(51)47-35-33-43(37-53(47)59)63-56-30-16-12-26-48(56)49-27-13-17-31-57(49)63/h1-38H. The molecule has 0 saturated heterocycles. The molecule has 2 heterocycles. The maximum absolute atomic E-state index is 5.38. The van der Waals surface area contributed by atoms with E-state index in [4.69, 9.17) is 9.97 Å². The molecule has 2 aliphatic carbocycles. The van der Waals surface area contributed by atoms with Gasteiger partial charge in [0.25, 0.3) is 0 Å². The van der Waals surface area contributed by atoms with Crippen molar-refractivity contribution in [3.63, 3.8) is 0 Å². The Bertz CT molecular complexity index is 3450. The van der Waals surface area contributed by atoms with Gasteiger partial charge >= 0.3 is 0 Å². The van der Waals surface area contributed by atoms with Crippen molar-refractivity contribution in [3.05, 3.63) is 253 Å². The Labute approximate surface area is 365 Å². The number of fused-ring (bicyclic) bond motifs is 13. The average Bonchev–Trinajstić information content (AvgIpc) is 3.96. The molecule has 0 bridgehead atoms. The summed E-state index contributed by atoms with van der Waals surface area (Å²) in [4.78, 5) is 13.0. The quantitative estimate of drug-likeness (QED) is 0.168. The van der Waals surface area contributed by atoms with Crippen LogP contribution in [-0.4, -0.2) is 14.5 Å². The molecule has 1 unspecified atom stereocenters. The molecule has 1 atom stereocenters. The van der Waals surface area contributed by atoms with E-state index in [1.54, 1.807) is 0 Å². The summed E-state index contributed by atoms with van der Waals surface area (Å²) in [7, 11) is 0. The molecule has 0 N–H and O–H groups in total. The lowest BCUT2D eigenvalue weighted by molar-refractivity contribution is 0.792. The van der Waals surface area contributed by atoms with Crippen molar-refractivity contribution < 1.29 is 0 Å². The fraction of sp³-hybridized carbons (Fsp3) is 0.0169. The van der Waals surface area contributed by atoms with Gasteiger partial charge < -0.3 is 4.57 Å². The molecule has 1 spiro atoms. The predicted molar refractivity (Wildman–Crippen MR) is 258 cm³/mol. The minimum atomic E-state index is -0.590. The summed E-state index contributed by atoms with van der Waals surface area (Å²) in [6, 6.07) is 83.2. The molecule has 11 aromatic rings. The number of aromatic nitrogens is 3. The highest BCUT2D eigenvalue weighted by Gasteiger charge is 2.52. The molecule has 0 saturated carbocycles. The van der Waals surface area contributed by atoms with Crippen LogP contribution in [0, 0.1) is 0 Å². The zero-order valence-electron chi connectivity index (χ0n) is 34.2. The van der Waals surface area contributed by atoms with Crippen LogP contribution < -0.4 is 4.90 Å². The third-order valence-corrected chi connectivity index (χ3v) is 13.2. The molecule has 4 heteroatoms. The fourth-order valence-electron chi connectivity index (χ4n) is 10.6. The predicted octanol–water partition coefficient (Wildman–Crippen LogP) is 14.7. The highest BCUT2D eigenvalue weighted by Crippen LogP contribution is 2.63. The minimum Gasteiger partial charge on any atom is -0.309 e. The van der Waals surface area contributed by atoms with E-state index in [-0.39, 0.29) is 0 Å². The highest BCUT2D eigenvalue weighted by molar-refractivity contribution is 6.09. The van der Waals surface area contributed by atoms with Gasteiger partial charge in [-0.1, -0.05) is 176 Å². The first kappa shape index (κ1) is 35.4. The Kier molecular flexibility index (Phi) is 7.79. The Morgan fingerprint density at radius 1 is 0.349 bits per heavy atom. The summed E-state index contributed by atoms with van der Waals surface area (Å²) >= 11 is 0. The van der Waals surface area contributed by atoms with Crippen molar-refractivity contribution in [2.24, 2.45) is 0 Å². The molecule has 4 nitrogen and oxygen atoms in total. The second-order valence-electron chi connectivity index (χ2n) is 16.5. The number of nitrogens with zero attached hydrogens (tertiary/aromatic N) is 4. The molecule has 2 aliphatic rings. The van der Waals surface area contributed by atoms with E-state index in [0.717, 1.165) is 39.6 Å². The first-order valence-electron chi connectivity index (χ1n) is 21.6. The Morgan fingerprint density at radius 2 is 0.810 bits per heavy atom. The molecular formula is C59H38N4. The minimum absolute atomic E-state index is 0.590. The smallest absolute Gasteiger partial charge is 0.235 e. The maximum atomic E-state index is 5.38. The van der Waals surface area contributed by atoms with Crippen LogP contribution in [-0.2, 0) is 5.41 Å². The van der Waals surface area contributed by atoms with E-state index >= 15 is 0 Å². The molecule has 63 heavy (non-hydrogen) atoms. The molecular weight excluding hydrogens is 765 g/mol. The van der Waals surface area contributed by atoms with Crippen molar-refractivity contribution in [1.82, 2.24) is 14.5 Å². The summed E-state index contributed by atoms with van der Waals surface area (Å²) in [6.45, 7) is 0. The lowest BCUT2D eigenvalue weighted by atomic mass is 9.70. The Morgan fingerprint density at radius 3 is 1.40 bits per heavy atom. The van der Waals surface area contributed by atoms with E-state index < -0.39 is 5.41 Å². The Hall–Kier alpha value is -8.34. The van der Waals surface area contributed by atoms with Gasteiger partial charge in [-0.25, -0.2) is 9.97 Å². The van der Waals surface area contributed by atoms with Crippen LogP contribution in [0.15, 0.2) is 231 Å². The molecule has 0 radical (unpaired) electrons. The van der Waals surface area contributed by atoms with Crippen LogP contribution in [0.1, 0.15) is 22.3 Å². The molecule has 0 amide bonds. The van der Waals surface area contributed by atoms with Gasteiger partial charge in [0.2, 0.25) is 5.95 Å². The summed E-state index contributed by atoms with van der Waals surface area (Å²) in [5.41, 5.74) is 18.8. The van der Waals surface area contributed by atoms with Gasteiger partial charge in [-0.15, -0.1) is 0 Å². The van der Waals surface area contributed by atoms with Gasteiger partial charge in [0, 0.05) is 39.0 Å². The van der Waals surface area contributed by atoms with Crippen molar-refractivity contribution in [3.8, 4) is 50.5 Å². The lowest BCUT2D eigenvalue weighted by Gasteiger charge is -2.32. The van der Waals surface area contributed by atoms with Crippen LogP contribution in [0.25, 0.3) is 72.3 Å². The zero-order valence-corrected chi connectivity index (χ0v) is 34.2. The number of anilines is 3. The third kappa shape index (κ3) is 5.22. The van der Waals surface area contributed by atoms with Crippen molar-refractivity contribution in [2.45, 2.75) is 5.41 Å². The number of rotatable bonds is 6. The van der Waals surface area contributed by atoms with Gasteiger partial charge in [0.15, 0.2) is 0 Å². The summed E-state index contributed by atoms with van der Waals surface area (Å²) in [5, 5.41) is 2.51. The van der Waals surface area contributed by atoms with E-state index in [0.29, 0.717) is 5.95 Å². The van der Waals surface area contributed by atoms with Crippen LogP contribution in [0.3, 0.4) is 0 Å². The van der Waals surface area contributed by atoms with Gasteiger partial charge in [-0.3, -0.25) is 4.90 Å². The molecule has 0 aliphatic heterocycles. The largest absolute Gasteiger partial charge is 0.309 e. The summed E-state index contributed by atoms with van der Waals surface area (Å²) in [6.07, 6.45) is 0. The highest BCUT2D eigenvalue weighted by atomic mass is 15.3. The van der Waals surface area contributed by atoms with Crippen molar-refractivity contribution >= 4 is 39.1 Å². The van der Waals surface area contributed by atoms with E-state index in [1.165, 1.54) is 66.3 Å². The number of hydrogen-bond acceptors (Lipinski definition) is 3. The van der Waals surface area contributed by atoms with Gasteiger partial charge in [0.05, 0.1) is 27.8 Å². The average molecular weight is 803 g/mol. The molecule has 2 aromatic heterocycles. The third-order valence-electron chi connectivity index (χ3n) is 13.2. The summed E-state index contributed by atoms with van der Waals surface area (Å²) < 4.78 is 2.44. The zero-order chi connectivity index (χ0) is 41.5. The molecule has 9 aromatic carbocycles. The normalized spacial score (nSPS) is 14.4. The first-order valence-corrected chi connectivity index (χ1v) is 21.6. The molecule has 13 rings (SSSR count). The molecule has 294 valence electrons. The van der Waals surface area contributed by atoms with Crippen molar-refractivity contribution in [2.75, 3.05) is 4.90 Å². The van der Waals surface area contributed by atoms with E-state index in [2.05, 4.69) is 228 Å². The number of benzene rings is 9. The van der Waals surface area contributed by atoms with Crippen LogP contribution >= 0.6 is 0 Å². The number of hydrogen-bond donors (Lipinski definition) is 0.